The predicted octanol–water partition coefficient (Wildman–Crippen LogP) is 3.19. The second kappa shape index (κ2) is 9.24. The summed E-state index contributed by atoms with van der Waals surface area (Å²) in [6.45, 7) is 1.74. The summed E-state index contributed by atoms with van der Waals surface area (Å²) in [6, 6.07) is 10.4. The largest absolute Gasteiger partial charge is 0.418 e. The highest BCUT2D eigenvalue weighted by molar-refractivity contribution is 7.80. The normalized spacial score (nSPS) is 11.5. The molecule has 11 heteroatoms. The molecule has 0 unspecified atom stereocenters. The molecule has 2 rings (SSSR count). The Morgan fingerprint density at radius 1 is 1.00 bits per heavy atom. The molecule has 2 aromatic rings. The molecule has 0 spiro atoms. The minimum Gasteiger partial charge on any atom is -0.331 e. The number of hydrazone groups is 1. The fourth-order valence-electron chi connectivity index (χ4n) is 1.90. The quantitative estimate of drug-likeness (QED) is 0.351. The van der Waals surface area contributed by atoms with E-state index in [9.17, 15) is 13.2 Å². The zero-order valence-corrected chi connectivity index (χ0v) is 15.6. The first-order chi connectivity index (χ1) is 12.8. The van der Waals surface area contributed by atoms with Gasteiger partial charge in [0.1, 0.15) is 0 Å². The van der Waals surface area contributed by atoms with E-state index in [0.717, 1.165) is 6.07 Å². The SMILES string of the molecule is C/C(=N\NC(=S)NNC(=S)Nc1ccccc1C(F)(F)F)c1ccccn1. The van der Waals surface area contributed by atoms with Crippen LogP contribution < -0.4 is 21.6 Å². The summed E-state index contributed by atoms with van der Waals surface area (Å²) in [4.78, 5) is 4.13. The summed E-state index contributed by atoms with van der Waals surface area (Å²) in [6.07, 6.45) is -2.86. The first-order valence-electron chi connectivity index (χ1n) is 7.52. The highest BCUT2D eigenvalue weighted by Crippen LogP contribution is 2.34. The van der Waals surface area contributed by atoms with Gasteiger partial charge >= 0.3 is 6.18 Å². The van der Waals surface area contributed by atoms with Gasteiger partial charge in [0.05, 0.1) is 22.7 Å². The Hall–Kier alpha value is -2.79. The average molecular weight is 412 g/mol. The van der Waals surface area contributed by atoms with Crippen LogP contribution in [0.3, 0.4) is 0 Å². The lowest BCUT2D eigenvalue weighted by atomic mass is 10.2. The number of halogens is 3. The molecule has 0 saturated heterocycles. The van der Waals surface area contributed by atoms with Crippen LogP contribution in [-0.4, -0.2) is 20.9 Å². The predicted molar refractivity (Wildman–Crippen MR) is 106 cm³/mol. The second-order valence-electron chi connectivity index (χ2n) is 5.10. The van der Waals surface area contributed by atoms with Crippen LogP contribution in [0.25, 0.3) is 0 Å². The number of rotatable bonds is 3. The first-order valence-corrected chi connectivity index (χ1v) is 8.34. The van der Waals surface area contributed by atoms with Crippen LogP contribution in [-0.2, 0) is 6.18 Å². The van der Waals surface area contributed by atoms with Gasteiger partial charge in [0.2, 0.25) is 5.11 Å². The van der Waals surface area contributed by atoms with Crippen molar-refractivity contribution in [3.63, 3.8) is 0 Å². The zero-order valence-electron chi connectivity index (χ0n) is 14.0. The van der Waals surface area contributed by atoms with Crippen molar-refractivity contribution in [1.29, 1.82) is 0 Å². The van der Waals surface area contributed by atoms with E-state index >= 15 is 0 Å². The van der Waals surface area contributed by atoms with Gasteiger partial charge in [-0.1, -0.05) is 18.2 Å². The third-order valence-electron chi connectivity index (χ3n) is 3.13. The van der Waals surface area contributed by atoms with Gasteiger partial charge in [0.15, 0.2) is 5.11 Å². The standard InChI is InChI=1S/C16H15F3N6S2/c1-10(12-7-4-5-9-20-12)22-24-15(27)25-23-14(26)21-13-8-3-2-6-11(13)16(17,18)19/h2-9H,1H3,(H2,21,23,26)(H2,24,25,27)/b22-10+. The molecule has 0 aliphatic carbocycles. The maximum atomic E-state index is 13.0. The summed E-state index contributed by atoms with van der Waals surface area (Å²) in [7, 11) is 0. The molecule has 1 aromatic heterocycles. The van der Waals surface area contributed by atoms with Gasteiger partial charge in [-0.3, -0.25) is 21.3 Å². The molecule has 0 fully saturated rings. The van der Waals surface area contributed by atoms with Gasteiger partial charge in [-0.25, -0.2) is 0 Å². The molecule has 1 heterocycles. The number of thiocarbonyl (C=S) groups is 2. The fraction of sp³-hybridized carbons (Fsp3) is 0.125. The number of alkyl halides is 3. The van der Waals surface area contributed by atoms with Gasteiger partial charge in [0.25, 0.3) is 0 Å². The number of hydrazine groups is 1. The third kappa shape index (κ3) is 6.46. The first kappa shape index (κ1) is 20.5. The Morgan fingerprint density at radius 3 is 2.33 bits per heavy atom. The number of benzene rings is 1. The number of hydrogen-bond acceptors (Lipinski definition) is 4. The van der Waals surface area contributed by atoms with Gasteiger partial charge in [-0.2, -0.15) is 18.3 Å². The van der Waals surface area contributed by atoms with E-state index in [1.165, 1.54) is 18.2 Å². The zero-order chi connectivity index (χ0) is 19.9. The Labute approximate surface area is 164 Å². The highest BCUT2D eigenvalue weighted by Gasteiger charge is 2.33. The molecular weight excluding hydrogens is 397 g/mol. The lowest BCUT2D eigenvalue weighted by molar-refractivity contribution is -0.136. The Kier molecular flexibility index (Phi) is 7.02. The van der Waals surface area contributed by atoms with Gasteiger partial charge in [-0.05, 0) is 55.6 Å². The molecule has 142 valence electrons. The van der Waals surface area contributed by atoms with E-state index in [2.05, 4.69) is 31.7 Å². The lowest BCUT2D eigenvalue weighted by Crippen LogP contribution is -2.47. The van der Waals surface area contributed by atoms with E-state index in [-0.39, 0.29) is 15.9 Å². The van der Waals surface area contributed by atoms with Crippen molar-refractivity contribution >= 4 is 46.1 Å². The van der Waals surface area contributed by atoms with Crippen LogP contribution in [0.1, 0.15) is 18.2 Å². The van der Waals surface area contributed by atoms with E-state index in [1.54, 1.807) is 25.3 Å². The minimum atomic E-state index is -4.50. The van der Waals surface area contributed by atoms with Crippen molar-refractivity contribution in [3.8, 4) is 0 Å². The maximum absolute atomic E-state index is 13.0. The van der Waals surface area contributed by atoms with E-state index in [4.69, 9.17) is 24.4 Å². The van der Waals surface area contributed by atoms with Crippen molar-refractivity contribution in [2.75, 3.05) is 5.32 Å². The molecular formula is C16H15F3N6S2. The molecule has 1 aromatic carbocycles. The molecule has 0 aliphatic heterocycles. The summed E-state index contributed by atoms with van der Waals surface area (Å²) in [5, 5.41) is 6.49. The molecule has 0 amide bonds. The summed E-state index contributed by atoms with van der Waals surface area (Å²) < 4.78 is 38.9. The number of nitrogens with one attached hydrogen (secondary N) is 4. The van der Waals surface area contributed by atoms with Crippen molar-refractivity contribution < 1.29 is 13.2 Å². The van der Waals surface area contributed by atoms with E-state index in [0.29, 0.717) is 11.4 Å². The smallest absolute Gasteiger partial charge is 0.331 e. The van der Waals surface area contributed by atoms with Crippen LogP contribution in [0, 0.1) is 0 Å². The lowest BCUT2D eigenvalue weighted by Gasteiger charge is -2.16. The number of para-hydroxylation sites is 1. The van der Waals surface area contributed by atoms with Crippen LogP contribution >= 0.6 is 24.4 Å². The Balaban J connectivity index is 1.87. The number of hydrogen-bond donors (Lipinski definition) is 4. The second-order valence-corrected chi connectivity index (χ2v) is 5.92. The maximum Gasteiger partial charge on any atom is 0.418 e. The molecule has 0 radical (unpaired) electrons. The van der Waals surface area contributed by atoms with Gasteiger partial charge in [-0.15, -0.1) is 0 Å². The fourth-order valence-corrected chi connectivity index (χ4v) is 2.16. The molecule has 0 saturated carbocycles. The topological polar surface area (TPSA) is 73.4 Å². The van der Waals surface area contributed by atoms with Gasteiger partial charge < -0.3 is 5.32 Å². The van der Waals surface area contributed by atoms with Crippen LogP contribution in [0.5, 0.6) is 0 Å². The monoisotopic (exact) mass is 412 g/mol. The van der Waals surface area contributed by atoms with Crippen molar-refractivity contribution in [2.45, 2.75) is 13.1 Å². The van der Waals surface area contributed by atoms with Crippen LogP contribution in [0.4, 0.5) is 18.9 Å². The van der Waals surface area contributed by atoms with Crippen LogP contribution in [0.2, 0.25) is 0 Å². The number of pyridine rings is 1. The summed E-state index contributed by atoms with van der Waals surface area (Å²) in [5.74, 6) is 0. The molecule has 0 bridgehead atoms. The summed E-state index contributed by atoms with van der Waals surface area (Å²) >= 11 is 9.97. The van der Waals surface area contributed by atoms with E-state index < -0.39 is 11.7 Å². The molecule has 27 heavy (non-hydrogen) atoms. The molecule has 4 N–H and O–H groups in total. The highest BCUT2D eigenvalue weighted by atomic mass is 32.1. The third-order valence-corrected chi connectivity index (χ3v) is 3.53. The van der Waals surface area contributed by atoms with E-state index in [1.807, 2.05) is 6.07 Å². The summed E-state index contributed by atoms with van der Waals surface area (Å²) in [5.41, 5.74) is 7.85. The number of aromatic nitrogens is 1. The van der Waals surface area contributed by atoms with Crippen molar-refractivity contribution in [3.05, 3.63) is 59.9 Å². The Bertz CT molecular complexity index is 840. The van der Waals surface area contributed by atoms with Crippen molar-refractivity contribution in [1.82, 2.24) is 21.3 Å². The molecule has 6 nitrogen and oxygen atoms in total. The minimum absolute atomic E-state index is 0.0681. The van der Waals surface area contributed by atoms with Crippen LogP contribution in [0.15, 0.2) is 53.8 Å². The average Bonchev–Trinajstić information content (AvgIpc) is 2.64. The Morgan fingerprint density at radius 2 is 1.67 bits per heavy atom. The van der Waals surface area contributed by atoms with Gasteiger partial charge in [0, 0.05) is 6.20 Å². The number of nitrogens with zero attached hydrogens (tertiary/aromatic N) is 2. The molecule has 0 atom stereocenters. The number of anilines is 1. The molecule has 0 aliphatic rings. The van der Waals surface area contributed by atoms with Crippen molar-refractivity contribution in [2.24, 2.45) is 5.10 Å².